The molecular weight excluding hydrogens is 228 g/mol. The van der Waals surface area contributed by atoms with Crippen molar-refractivity contribution in [1.82, 2.24) is 0 Å². The van der Waals surface area contributed by atoms with Crippen LogP contribution in [0.5, 0.6) is 5.75 Å². The van der Waals surface area contributed by atoms with Crippen LogP contribution >= 0.6 is 0 Å². The molecule has 0 N–H and O–H groups in total. The minimum absolute atomic E-state index is 0.434. The molecule has 0 aliphatic heterocycles. The maximum atomic E-state index is 10.6. The van der Waals surface area contributed by atoms with Crippen molar-refractivity contribution in [1.29, 1.82) is 0 Å². The molecule has 0 aliphatic carbocycles. The number of para-hydroxylation sites is 1. The summed E-state index contributed by atoms with van der Waals surface area (Å²) in [7, 11) is 0. The van der Waals surface area contributed by atoms with E-state index in [1.165, 1.54) is 0 Å². The van der Waals surface area contributed by atoms with Gasteiger partial charge in [0.25, 0.3) is 0 Å². The molecule has 1 aromatic rings. The highest BCUT2D eigenvalue weighted by molar-refractivity contribution is 5.83. The Hall–Kier alpha value is -1.61. The van der Waals surface area contributed by atoms with Crippen molar-refractivity contribution in [2.45, 2.75) is 26.7 Å². The van der Waals surface area contributed by atoms with Crippen LogP contribution in [0.3, 0.4) is 0 Å². The van der Waals surface area contributed by atoms with Crippen LogP contribution in [0.4, 0.5) is 0 Å². The number of carbonyl (C=O) groups excluding carboxylic acids is 1. The molecule has 18 heavy (non-hydrogen) atoms. The van der Waals surface area contributed by atoms with Gasteiger partial charge in [0.15, 0.2) is 0 Å². The Morgan fingerprint density at radius 1 is 1.17 bits per heavy atom. The van der Waals surface area contributed by atoms with E-state index in [9.17, 15) is 4.79 Å². The predicted molar refractivity (Wildman–Crippen MR) is 73.7 cm³/mol. The Bertz CT molecular complexity index is 316. The van der Waals surface area contributed by atoms with Crippen molar-refractivity contribution >= 4 is 5.97 Å². The summed E-state index contributed by atoms with van der Waals surface area (Å²) in [5.41, 5.74) is 0. The summed E-state index contributed by atoms with van der Waals surface area (Å²) in [4.78, 5) is 10.6. The van der Waals surface area contributed by atoms with Crippen LogP contribution in [-0.2, 0) is 9.53 Å². The van der Waals surface area contributed by atoms with Crippen LogP contribution in [0.15, 0.2) is 43.0 Å². The van der Waals surface area contributed by atoms with Gasteiger partial charge >= 0.3 is 5.97 Å². The monoisotopic (exact) mass is 250 g/mol. The summed E-state index contributed by atoms with van der Waals surface area (Å²) >= 11 is 0. The van der Waals surface area contributed by atoms with E-state index in [0.29, 0.717) is 5.75 Å². The lowest BCUT2D eigenvalue weighted by Gasteiger charge is -1.98. The average molecular weight is 250 g/mol. The van der Waals surface area contributed by atoms with E-state index >= 15 is 0 Å². The Morgan fingerprint density at radius 2 is 1.72 bits per heavy atom. The molecule has 0 bridgehead atoms. The zero-order valence-corrected chi connectivity index (χ0v) is 11.2. The molecule has 0 saturated heterocycles. The van der Waals surface area contributed by atoms with Crippen LogP contribution in [0.1, 0.15) is 26.7 Å². The highest BCUT2D eigenvalue weighted by atomic mass is 16.5. The van der Waals surface area contributed by atoms with Gasteiger partial charge in [-0.15, -0.1) is 0 Å². The number of ether oxygens (including phenoxy) is 2. The fourth-order valence-electron chi connectivity index (χ4n) is 1.04. The van der Waals surface area contributed by atoms with Crippen LogP contribution in [0, 0.1) is 0 Å². The maximum Gasteiger partial charge on any atom is 0.335 e. The second kappa shape index (κ2) is 11.9. The molecule has 100 valence electrons. The first-order valence-electron chi connectivity index (χ1n) is 6.21. The Labute approximate surface area is 109 Å². The summed E-state index contributed by atoms with van der Waals surface area (Å²) in [5, 5.41) is 0. The molecular formula is C15H22O3. The van der Waals surface area contributed by atoms with Gasteiger partial charge in [0.05, 0.1) is 0 Å². The fraction of sp³-hybridized carbons (Fsp3) is 0.400. The molecule has 1 rings (SSSR count). The number of carbonyl (C=O) groups is 1. The molecule has 0 amide bonds. The van der Waals surface area contributed by atoms with E-state index in [4.69, 9.17) is 9.47 Å². The SMILES string of the molecule is C=CC(=O)Oc1ccccc1.CCCOCCC. The third-order valence-corrected chi connectivity index (χ3v) is 1.83. The van der Waals surface area contributed by atoms with Crippen LogP contribution in [0.2, 0.25) is 0 Å². The van der Waals surface area contributed by atoms with Gasteiger partial charge in [0.1, 0.15) is 5.75 Å². The Morgan fingerprint density at radius 3 is 2.17 bits per heavy atom. The molecule has 0 heterocycles. The summed E-state index contributed by atoms with van der Waals surface area (Å²) in [6.07, 6.45) is 3.41. The third kappa shape index (κ3) is 9.60. The summed E-state index contributed by atoms with van der Waals surface area (Å²) in [6, 6.07) is 8.87. The van der Waals surface area contributed by atoms with Gasteiger partial charge in [0.2, 0.25) is 0 Å². The Balaban J connectivity index is 0.000000360. The second-order valence-electron chi connectivity index (χ2n) is 3.55. The molecule has 3 heteroatoms. The van der Waals surface area contributed by atoms with Gasteiger partial charge in [0, 0.05) is 19.3 Å². The van der Waals surface area contributed by atoms with Crippen molar-refractivity contribution in [2.24, 2.45) is 0 Å². The topological polar surface area (TPSA) is 35.5 Å². The lowest BCUT2D eigenvalue weighted by atomic mass is 10.3. The average Bonchev–Trinajstić information content (AvgIpc) is 2.41. The van der Waals surface area contributed by atoms with E-state index in [2.05, 4.69) is 20.4 Å². The molecule has 0 spiro atoms. The summed E-state index contributed by atoms with van der Waals surface area (Å²) < 4.78 is 9.94. The van der Waals surface area contributed by atoms with Crippen molar-refractivity contribution < 1.29 is 14.3 Å². The minimum Gasteiger partial charge on any atom is -0.423 e. The van der Waals surface area contributed by atoms with Crippen LogP contribution in [0.25, 0.3) is 0 Å². The van der Waals surface area contributed by atoms with Crippen molar-refractivity contribution in [3.8, 4) is 5.75 Å². The van der Waals surface area contributed by atoms with Gasteiger partial charge in [-0.3, -0.25) is 0 Å². The van der Waals surface area contributed by atoms with Gasteiger partial charge in [-0.2, -0.15) is 0 Å². The number of hydrogen-bond donors (Lipinski definition) is 0. The quantitative estimate of drug-likeness (QED) is 0.335. The number of rotatable bonds is 6. The lowest BCUT2D eigenvalue weighted by molar-refractivity contribution is -0.128. The number of esters is 1. The number of hydrogen-bond acceptors (Lipinski definition) is 3. The first-order chi connectivity index (χ1) is 8.74. The molecule has 3 nitrogen and oxygen atoms in total. The molecule has 0 unspecified atom stereocenters. The van der Waals surface area contributed by atoms with Crippen LogP contribution < -0.4 is 4.74 Å². The van der Waals surface area contributed by atoms with E-state index in [1.54, 1.807) is 24.3 Å². The molecule has 0 saturated carbocycles. The van der Waals surface area contributed by atoms with Gasteiger partial charge in [-0.1, -0.05) is 38.6 Å². The standard InChI is InChI=1S/C9H8O2.C6H14O/c1-2-9(10)11-8-6-4-3-5-7-8;1-3-5-7-6-4-2/h2-7H,1H2;3-6H2,1-2H3. The van der Waals surface area contributed by atoms with Gasteiger partial charge in [-0.05, 0) is 25.0 Å². The lowest BCUT2D eigenvalue weighted by Crippen LogP contribution is -2.02. The Kier molecular flexibility index (Phi) is 10.8. The normalized spacial score (nSPS) is 9.00. The zero-order chi connectivity index (χ0) is 13.6. The minimum atomic E-state index is -0.434. The van der Waals surface area contributed by atoms with E-state index in [0.717, 1.165) is 32.1 Å². The van der Waals surface area contributed by atoms with Crippen molar-refractivity contribution in [3.63, 3.8) is 0 Å². The molecule has 0 atom stereocenters. The van der Waals surface area contributed by atoms with Gasteiger partial charge < -0.3 is 9.47 Å². The fourth-order valence-corrected chi connectivity index (χ4v) is 1.04. The highest BCUT2D eigenvalue weighted by Gasteiger charge is 1.95. The van der Waals surface area contributed by atoms with E-state index in [1.807, 2.05) is 6.07 Å². The first-order valence-corrected chi connectivity index (χ1v) is 6.21. The summed E-state index contributed by atoms with van der Waals surface area (Å²) in [6.45, 7) is 9.37. The molecule has 0 aromatic heterocycles. The van der Waals surface area contributed by atoms with Gasteiger partial charge in [-0.25, -0.2) is 4.79 Å². The second-order valence-corrected chi connectivity index (χ2v) is 3.55. The first kappa shape index (κ1) is 16.4. The third-order valence-electron chi connectivity index (χ3n) is 1.83. The van der Waals surface area contributed by atoms with Crippen molar-refractivity contribution in [2.75, 3.05) is 13.2 Å². The van der Waals surface area contributed by atoms with Crippen molar-refractivity contribution in [3.05, 3.63) is 43.0 Å². The van der Waals surface area contributed by atoms with Crippen LogP contribution in [-0.4, -0.2) is 19.2 Å². The van der Waals surface area contributed by atoms with E-state index < -0.39 is 5.97 Å². The highest BCUT2D eigenvalue weighted by Crippen LogP contribution is 2.07. The molecule has 0 fully saturated rings. The molecule has 1 aromatic carbocycles. The predicted octanol–water partition coefficient (Wildman–Crippen LogP) is 3.60. The largest absolute Gasteiger partial charge is 0.423 e. The smallest absolute Gasteiger partial charge is 0.335 e. The maximum absolute atomic E-state index is 10.6. The molecule has 0 radical (unpaired) electrons. The molecule has 0 aliphatic rings. The summed E-state index contributed by atoms with van der Waals surface area (Å²) in [5.74, 6) is 0.105. The number of benzene rings is 1. The zero-order valence-electron chi connectivity index (χ0n) is 11.2. The van der Waals surface area contributed by atoms with E-state index in [-0.39, 0.29) is 0 Å².